The molecule has 1 aliphatic rings. The maximum Gasteiger partial charge on any atom is 0.0198 e. The largest absolute Gasteiger partial charge is 0.295 e. The van der Waals surface area contributed by atoms with Crippen LogP contribution < -0.4 is 0 Å². The Hall–Kier alpha value is -0.0400. The first-order valence-corrected chi connectivity index (χ1v) is 2.80. The second kappa shape index (κ2) is 1.48. The molecule has 0 amide bonds. The molecule has 0 spiro atoms. The van der Waals surface area contributed by atoms with Crippen LogP contribution in [-0.4, -0.2) is 23.5 Å². The Bertz CT molecular complexity index is 68.6. The van der Waals surface area contributed by atoms with Crippen LogP contribution in [0.25, 0.3) is 0 Å². The highest BCUT2D eigenvalue weighted by atomic mass is 15.3. The Morgan fingerprint density at radius 2 is 2.29 bits per heavy atom. The minimum Gasteiger partial charge on any atom is -0.295 e. The van der Waals surface area contributed by atoms with Crippen molar-refractivity contribution < 1.29 is 0 Å². The minimum atomic E-state index is 0.523. The molecule has 1 heteroatoms. The van der Waals surface area contributed by atoms with Crippen LogP contribution in [0.1, 0.15) is 13.8 Å². The summed E-state index contributed by atoms with van der Waals surface area (Å²) in [7, 11) is 0. The second-order valence-corrected chi connectivity index (χ2v) is 2.39. The maximum absolute atomic E-state index is 3.88. The van der Waals surface area contributed by atoms with Gasteiger partial charge in [-0.05, 0) is 20.8 Å². The van der Waals surface area contributed by atoms with Crippen molar-refractivity contribution in [2.75, 3.05) is 6.54 Å². The average Bonchev–Trinajstić information content (AvgIpc) is 2.17. The van der Waals surface area contributed by atoms with Gasteiger partial charge in [0.25, 0.3) is 0 Å². The molecule has 1 rings (SSSR count). The first-order chi connectivity index (χ1) is 3.22. The maximum atomic E-state index is 3.88. The third-order valence-corrected chi connectivity index (χ3v) is 1.47. The van der Waals surface area contributed by atoms with Crippen molar-refractivity contribution in [1.82, 2.24) is 4.90 Å². The summed E-state index contributed by atoms with van der Waals surface area (Å²) >= 11 is 0. The van der Waals surface area contributed by atoms with Crippen molar-refractivity contribution >= 4 is 0 Å². The summed E-state index contributed by atoms with van der Waals surface area (Å²) in [5.41, 5.74) is 0. The van der Waals surface area contributed by atoms with Crippen molar-refractivity contribution in [2.45, 2.75) is 25.9 Å². The van der Waals surface area contributed by atoms with Gasteiger partial charge < -0.3 is 0 Å². The summed E-state index contributed by atoms with van der Waals surface area (Å²) in [5.74, 6) is 0. The molecular formula is C6H12N. The van der Waals surface area contributed by atoms with Gasteiger partial charge in [0.2, 0.25) is 0 Å². The van der Waals surface area contributed by atoms with Crippen LogP contribution in [0.15, 0.2) is 0 Å². The van der Waals surface area contributed by atoms with Crippen molar-refractivity contribution in [1.29, 1.82) is 0 Å². The number of hydrogen-bond acceptors (Lipinski definition) is 1. The summed E-state index contributed by atoms with van der Waals surface area (Å²) in [4.78, 5) is 2.35. The van der Waals surface area contributed by atoms with Crippen LogP contribution in [0.2, 0.25) is 0 Å². The van der Waals surface area contributed by atoms with Gasteiger partial charge in [0.05, 0.1) is 0 Å². The average molecular weight is 98.2 g/mol. The van der Waals surface area contributed by atoms with Gasteiger partial charge >= 0.3 is 0 Å². The number of hydrogen-bond donors (Lipinski definition) is 0. The predicted molar refractivity (Wildman–Crippen MR) is 31.0 cm³/mol. The molecule has 3 atom stereocenters. The van der Waals surface area contributed by atoms with E-state index in [0.717, 1.165) is 6.04 Å². The first kappa shape index (κ1) is 5.10. The zero-order valence-corrected chi connectivity index (χ0v) is 5.02. The lowest BCUT2D eigenvalue weighted by molar-refractivity contribution is 0.463. The lowest BCUT2D eigenvalue weighted by atomic mass is 10.4. The van der Waals surface area contributed by atoms with Crippen LogP contribution in [0.5, 0.6) is 0 Å². The van der Waals surface area contributed by atoms with Crippen LogP contribution in [0, 0.1) is 6.92 Å². The van der Waals surface area contributed by atoms with Crippen LogP contribution in [0.3, 0.4) is 0 Å². The van der Waals surface area contributed by atoms with E-state index in [2.05, 4.69) is 25.7 Å². The molecule has 3 unspecified atom stereocenters. The van der Waals surface area contributed by atoms with E-state index in [9.17, 15) is 0 Å². The predicted octanol–water partition coefficient (Wildman–Crippen LogP) is 0.913. The monoisotopic (exact) mass is 98.1 g/mol. The lowest BCUT2D eigenvalue weighted by Gasteiger charge is -2.02. The van der Waals surface area contributed by atoms with Crippen LogP contribution in [-0.2, 0) is 0 Å². The van der Waals surface area contributed by atoms with E-state index in [1.165, 1.54) is 6.54 Å². The van der Waals surface area contributed by atoms with E-state index in [4.69, 9.17) is 0 Å². The molecule has 0 aromatic heterocycles. The second-order valence-electron chi connectivity index (χ2n) is 2.39. The standard InChI is InChI=1S/C6H12N/c1-5(2)7-4-6(7)3/h5-6H,1,4H2,2-3H3. The molecule has 1 radical (unpaired) electrons. The Morgan fingerprint density at radius 3 is 2.29 bits per heavy atom. The molecule has 1 fully saturated rings. The summed E-state index contributed by atoms with van der Waals surface area (Å²) < 4.78 is 0. The topological polar surface area (TPSA) is 3.01 Å². The quantitative estimate of drug-likeness (QED) is 0.440. The molecule has 7 heavy (non-hydrogen) atoms. The molecule has 0 aliphatic carbocycles. The molecule has 0 bridgehead atoms. The SMILES string of the molecule is [CH2]C(C)N1CC1C. The lowest BCUT2D eigenvalue weighted by Crippen LogP contribution is -2.10. The molecule has 41 valence electrons. The summed E-state index contributed by atoms with van der Waals surface area (Å²) in [5, 5.41) is 0. The van der Waals surface area contributed by atoms with Gasteiger partial charge in [-0.1, -0.05) is 0 Å². The van der Waals surface area contributed by atoms with Gasteiger partial charge in [-0.2, -0.15) is 0 Å². The summed E-state index contributed by atoms with van der Waals surface area (Å²) in [6.07, 6.45) is 0. The van der Waals surface area contributed by atoms with E-state index < -0.39 is 0 Å². The Balaban J connectivity index is 2.20. The number of nitrogens with zero attached hydrogens (tertiary/aromatic N) is 1. The molecule has 1 saturated heterocycles. The molecular weight excluding hydrogens is 86.1 g/mol. The van der Waals surface area contributed by atoms with Gasteiger partial charge in [-0.15, -0.1) is 0 Å². The fourth-order valence-corrected chi connectivity index (χ4v) is 0.872. The highest BCUT2D eigenvalue weighted by Gasteiger charge is 2.30. The van der Waals surface area contributed by atoms with Gasteiger partial charge in [-0.25, -0.2) is 0 Å². The molecule has 0 N–H and O–H groups in total. The molecule has 0 saturated carbocycles. The van der Waals surface area contributed by atoms with Crippen molar-refractivity contribution in [3.05, 3.63) is 6.92 Å². The van der Waals surface area contributed by atoms with E-state index in [1.807, 2.05) is 0 Å². The van der Waals surface area contributed by atoms with Gasteiger partial charge in [-0.3, -0.25) is 4.90 Å². The van der Waals surface area contributed by atoms with E-state index in [-0.39, 0.29) is 0 Å². The first-order valence-electron chi connectivity index (χ1n) is 2.80. The number of rotatable bonds is 1. The molecule has 0 aromatic rings. The normalized spacial score (nSPS) is 39.4. The van der Waals surface area contributed by atoms with Crippen LogP contribution in [0.4, 0.5) is 0 Å². The smallest absolute Gasteiger partial charge is 0.0198 e. The highest BCUT2D eigenvalue weighted by molar-refractivity contribution is 4.89. The van der Waals surface area contributed by atoms with Crippen molar-refractivity contribution in [2.24, 2.45) is 0 Å². The molecule has 1 aliphatic heterocycles. The van der Waals surface area contributed by atoms with Gasteiger partial charge in [0, 0.05) is 18.6 Å². The van der Waals surface area contributed by atoms with Gasteiger partial charge in [0.1, 0.15) is 0 Å². The molecule has 1 heterocycles. The third kappa shape index (κ3) is 0.942. The van der Waals surface area contributed by atoms with Crippen molar-refractivity contribution in [3.8, 4) is 0 Å². The fraction of sp³-hybridized carbons (Fsp3) is 0.833. The van der Waals surface area contributed by atoms with E-state index in [1.54, 1.807) is 0 Å². The Kier molecular flexibility index (Phi) is 1.08. The third-order valence-electron chi connectivity index (χ3n) is 1.47. The fourth-order valence-electron chi connectivity index (χ4n) is 0.872. The highest BCUT2D eigenvalue weighted by Crippen LogP contribution is 2.18. The Morgan fingerprint density at radius 1 is 1.86 bits per heavy atom. The summed E-state index contributed by atoms with van der Waals surface area (Å²) in [6.45, 7) is 9.48. The van der Waals surface area contributed by atoms with E-state index in [0.29, 0.717) is 6.04 Å². The van der Waals surface area contributed by atoms with Crippen LogP contribution >= 0.6 is 0 Å². The van der Waals surface area contributed by atoms with Crippen molar-refractivity contribution in [3.63, 3.8) is 0 Å². The minimum absolute atomic E-state index is 0.523. The Labute approximate surface area is 45.3 Å². The zero-order chi connectivity index (χ0) is 5.44. The van der Waals surface area contributed by atoms with E-state index >= 15 is 0 Å². The molecule has 0 aromatic carbocycles. The molecule has 1 nitrogen and oxygen atoms in total. The van der Waals surface area contributed by atoms with Gasteiger partial charge in [0.15, 0.2) is 0 Å². The summed E-state index contributed by atoms with van der Waals surface area (Å²) in [6, 6.07) is 1.34. The zero-order valence-electron chi connectivity index (χ0n) is 5.02.